The van der Waals surface area contributed by atoms with Crippen molar-refractivity contribution in [1.29, 1.82) is 0 Å². The molecular weight excluding hydrogens is 693 g/mol. The van der Waals surface area contributed by atoms with E-state index in [4.69, 9.17) is 9.68 Å². The SMILES string of the molecule is CC1(C)CC(CCCCNc2nc(NCCCCC3CC(C)(C)N(OC4CCCCC4)C(C)(C)C3)nc(NCC(=O)O)n2)CC(C)(C)N1OC1CCCCC1. The zero-order chi connectivity index (χ0) is 39.7. The zero-order valence-corrected chi connectivity index (χ0v) is 36.0. The predicted molar refractivity (Wildman–Crippen MR) is 222 cm³/mol. The summed E-state index contributed by atoms with van der Waals surface area (Å²) in [6.45, 7) is 20.1. The van der Waals surface area contributed by atoms with E-state index in [2.05, 4.69) is 96.4 Å². The first kappa shape index (κ1) is 43.8. The van der Waals surface area contributed by atoms with Gasteiger partial charge in [-0.2, -0.15) is 25.1 Å². The second-order valence-corrected chi connectivity index (χ2v) is 20.0. The van der Waals surface area contributed by atoms with Crippen LogP contribution in [0.25, 0.3) is 0 Å². The van der Waals surface area contributed by atoms with Gasteiger partial charge in [-0.1, -0.05) is 64.2 Å². The summed E-state index contributed by atoms with van der Waals surface area (Å²) in [5.74, 6) is 1.55. The van der Waals surface area contributed by atoms with Gasteiger partial charge in [-0.3, -0.25) is 14.5 Å². The van der Waals surface area contributed by atoms with Gasteiger partial charge in [-0.15, -0.1) is 0 Å². The molecule has 0 spiro atoms. The molecule has 2 aliphatic carbocycles. The Morgan fingerprint density at radius 1 is 0.582 bits per heavy atom. The van der Waals surface area contributed by atoms with Crippen LogP contribution in [0, 0.1) is 11.8 Å². The van der Waals surface area contributed by atoms with E-state index < -0.39 is 5.97 Å². The summed E-state index contributed by atoms with van der Waals surface area (Å²) in [4.78, 5) is 38.3. The number of aromatic nitrogens is 3. The largest absolute Gasteiger partial charge is 0.480 e. The third-order valence-electron chi connectivity index (χ3n) is 12.6. The van der Waals surface area contributed by atoms with E-state index in [1.807, 2.05) is 0 Å². The van der Waals surface area contributed by atoms with Gasteiger partial charge in [0.05, 0.1) is 12.2 Å². The Morgan fingerprint density at radius 2 is 0.927 bits per heavy atom. The molecule has 1 aromatic heterocycles. The lowest BCUT2D eigenvalue weighted by Gasteiger charge is -2.55. The summed E-state index contributed by atoms with van der Waals surface area (Å²) in [7, 11) is 0. The van der Waals surface area contributed by atoms with E-state index in [9.17, 15) is 9.90 Å². The molecule has 0 radical (unpaired) electrons. The second kappa shape index (κ2) is 19.4. The number of nitrogens with zero attached hydrogens (tertiary/aromatic N) is 5. The van der Waals surface area contributed by atoms with Crippen LogP contribution in [0.1, 0.15) is 184 Å². The Kier molecular flexibility index (Phi) is 15.5. The van der Waals surface area contributed by atoms with E-state index in [1.54, 1.807) is 0 Å². The topological polar surface area (TPSA) is 137 Å². The highest BCUT2D eigenvalue weighted by atomic mass is 16.7. The maximum atomic E-state index is 11.3. The van der Waals surface area contributed by atoms with Crippen LogP contribution in [0.15, 0.2) is 0 Å². The molecule has 2 aliphatic heterocycles. The Labute approximate surface area is 333 Å². The van der Waals surface area contributed by atoms with Gasteiger partial charge < -0.3 is 21.1 Å². The minimum atomic E-state index is -0.958. The number of piperidine rings is 2. The number of aliphatic carboxylic acids is 1. The highest BCUT2D eigenvalue weighted by Gasteiger charge is 2.48. The van der Waals surface area contributed by atoms with Gasteiger partial charge in [0.25, 0.3) is 0 Å². The summed E-state index contributed by atoms with van der Waals surface area (Å²) in [5.41, 5.74) is 0.0184. The molecule has 4 fully saturated rings. The lowest BCUT2D eigenvalue weighted by molar-refractivity contribution is -0.314. The van der Waals surface area contributed by atoms with Crippen molar-refractivity contribution in [2.24, 2.45) is 11.8 Å². The number of anilines is 3. The molecule has 12 heteroatoms. The van der Waals surface area contributed by atoms with Crippen molar-refractivity contribution in [2.75, 3.05) is 35.6 Å². The number of hydroxylamine groups is 4. The first-order valence-corrected chi connectivity index (χ1v) is 22.2. The molecule has 4 aliphatic rings. The summed E-state index contributed by atoms with van der Waals surface area (Å²) in [6, 6.07) is 0. The van der Waals surface area contributed by atoms with Crippen LogP contribution < -0.4 is 16.0 Å². The molecule has 0 bridgehead atoms. The monoisotopic (exact) mass is 771 g/mol. The summed E-state index contributed by atoms with van der Waals surface area (Å²) < 4.78 is 0. The van der Waals surface area contributed by atoms with Crippen molar-refractivity contribution in [3.8, 4) is 0 Å². The quantitative estimate of drug-likeness (QED) is 0.0998. The van der Waals surface area contributed by atoms with Gasteiger partial charge in [0.15, 0.2) is 0 Å². The number of carboxylic acids is 1. The molecule has 0 unspecified atom stereocenters. The molecule has 2 saturated heterocycles. The molecule has 5 rings (SSSR count). The average molecular weight is 771 g/mol. The zero-order valence-electron chi connectivity index (χ0n) is 36.0. The van der Waals surface area contributed by atoms with E-state index in [-0.39, 0.29) is 34.6 Å². The minimum Gasteiger partial charge on any atom is -0.480 e. The number of hydrogen-bond donors (Lipinski definition) is 4. The van der Waals surface area contributed by atoms with Crippen LogP contribution in [0.5, 0.6) is 0 Å². The van der Waals surface area contributed by atoms with Crippen molar-refractivity contribution >= 4 is 23.8 Å². The average Bonchev–Trinajstić information content (AvgIpc) is 3.10. The van der Waals surface area contributed by atoms with Crippen LogP contribution in [-0.2, 0) is 14.5 Å². The van der Waals surface area contributed by atoms with Gasteiger partial charge in [0.1, 0.15) is 6.54 Å². The van der Waals surface area contributed by atoms with Crippen LogP contribution in [-0.4, -0.2) is 90.2 Å². The van der Waals surface area contributed by atoms with Crippen molar-refractivity contribution < 1.29 is 19.6 Å². The number of carboxylic acid groups (broad SMARTS) is 1. The van der Waals surface area contributed by atoms with Gasteiger partial charge in [0, 0.05) is 35.2 Å². The fourth-order valence-corrected chi connectivity index (χ4v) is 10.8. The number of rotatable bonds is 19. The van der Waals surface area contributed by atoms with Gasteiger partial charge in [-0.05, 0) is 131 Å². The maximum Gasteiger partial charge on any atom is 0.322 e. The minimum absolute atomic E-state index is 0.00461. The molecule has 55 heavy (non-hydrogen) atoms. The number of carbonyl (C=O) groups is 1. The predicted octanol–water partition coefficient (Wildman–Crippen LogP) is 9.60. The molecule has 4 N–H and O–H groups in total. The first-order chi connectivity index (χ1) is 26.0. The molecule has 3 heterocycles. The highest BCUT2D eigenvalue weighted by molar-refractivity contribution is 5.72. The molecule has 0 atom stereocenters. The highest BCUT2D eigenvalue weighted by Crippen LogP contribution is 2.46. The van der Waals surface area contributed by atoms with Crippen molar-refractivity contribution in [2.45, 2.75) is 218 Å². The Morgan fingerprint density at radius 3 is 1.27 bits per heavy atom. The normalized spacial score (nSPS) is 24.1. The summed E-state index contributed by atoms with van der Waals surface area (Å²) in [6.07, 6.45) is 24.5. The molecule has 314 valence electrons. The number of nitrogens with one attached hydrogen (secondary N) is 3. The van der Waals surface area contributed by atoms with E-state index >= 15 is 0 Å². The van der Waals surface area contributed by atoms with Crippen molar-refractivity contribution in [3.63, 3.8) is 0 Å². The molecule has 0 aromatic carbocycles. The van der Waals surface area contributed by atoms with Gasteiger partial charge in [-0.25, -0.2) is 0 Å². The molecular formula is C43H78N8O4. The van der Waals surface area contributed by atoms with Crippen molar-refractivity contribution in [3.05, 3.63) is 0 Å². The Bertz CT molecular complexity index is 1220. The van der Waals surface area contributed by atoms with Crippen LogP contribution in [0.3, 0.4) is 0 Å². The fourth-order valence-electron chi connectivity index (χ4n) is 10.8. The van der Waals surface area contributed by atoms with Crippen LogP contribution in [0.4, 0.5) is 17.8 Å². The summed E-state index contributed by atoms with van der Waals surface area (Å²) >= 11 is 0. The maximum absolute atomic E-state index is 11.3. The molecule has 2 saturated carbocycles. The van der Waals surface area contributed by atoms with E-state index in [1.165, 1.54) is 77.0 Å². The van der Waals surface area contributed by atoms with E-state index in [0.717, 1.165) is 64.5 Å². The van der Waals surface area contributed by atoms with Crippen LogP contribution >= 0.6 is 0 Å². The second-order valence-electron chi connectivity index (χ2n) is 20.0. The number of unbranched alkanes of at least 4 members (excludes halogenated alkanes) is 2. The third-order valence-corrected chi connectivity index (χ3v) is 12.6. The fraction of sp³-hybridized carbons (Fsp3) is 0.907. The van der Waals surface area contributed by atoms with Crippen molar-refractivity contribution in [1.82, 2.24) is 25.1 Å². The summed E-state index contributed by atoms with van der Waals surface area (Å²) in [5, 5.41) is 23.6. The van der Waals surface area contributed by atoms with Crippen LogP contribution in [0.2, 0.25) is 0 Å². The Hall–Kier alpha value is -2.28. The number of hydrogen-bond acceptors (Lipinski definition) is 11. The molecule has 12 nitrogen and oxygen atoms in total. The lowest BCUT2D eigenvalue weighted by Crippen LogP contribution is -2.61. The van der Waals surface area contributed by atoms with Gasteiger partial charge >= 0.3 is 5.97 Å². The standard InChI is InChI=1S/C43H78N8O4/c1-40(2)27-32(28-41(3,4)50(40)54-34-21-11-9-12-22-34)19-15-17-25-44-37-47-38(49-39(48-37)46-31-36(52)53)45-26-18-16-20-33-29-42(5,6)51(43(7,8)30-33)55-35-23-13-10-14-24-35/h32-35H,9-31H2,1-8H3,(H,52,53)(H3,44,45,46,47,48,49). The van der Waals surface area contributed by atoms with E-state index in [0.29, 0.717) is 35.9 Å². The first-order valence-electron chi connectivity index (χ1n) is 22.2. The lowest BCUT2D eigenvalue weighted by atomic mass is 9.73. The Balaban J connectivity index is 1.05. The smallest absolute Gasteiger partial charge is 0.322 e. The third kappa shape index (κ3) is 13.1. The molecule has 0 amide bonds. The van der Waals surface area contributed by atoms with Gasteiger partial charge in [0.2, 0.25) is 17.8 Å². The molecule has 1 aromatic rings.